The summed E-state index contributed by atoms with van der Waals surface area (Å²) in [5.74, 6) is 1.60. The van der Waals surface area contributed by atoms with Crippen LogP contribution in [0.3, 0.4) is 0 Å². The van der Waals surface area contributed by atoms with Gasteiger partial charge in [-0.15, -0.1) is 11.6 Å². The normalized spacial score (nSPS) is 10.9. The average Bonchev–Trinajstić information content (AvgIpc) is 2.28. The van der Waals surface area contributed by atoms with E-state index in [9.17, 15) is 0 Å². The lowest BCUT2D eigenvalue weighted by Crippen LogP contribution is -2.13. The van der Waals surface area contributed by atoms with Crippen molar-refractivity contribution in [2.24, 2.45) is 0 Å². The van der Waals surface area contributed by atoms with Crippen molar-refractivity contribution in [2.75, 3.05) is 31.0 Å². The van der Waals surface area contributed by atoms with Gasteiger partial charge in [-0.05, 0) is 18.9 Å². The molecule has 1 N–H and O–H groups in total. The van der Waals surface area contributed by atoms with Crippen LogP contribution in [0, 0.1) is 6.92 Å². The maximum Gasteiger partial charge on any atom is 0.223 e. The number of nitrogens with zero attached hydrogens (tertiary/aromatic N) is 2. The van der Waals surface area contributed by atoms with Crippen LogP contribution < -0.4 is 5.32 Å². The molecule has 1 heterocycles. The predicted molar refractivity (Wildman–Crippen MR) is 70.9 cm³/mol. The Morgan fingerprint density at radius 1 is 1.35 bits per heavy atom. The van der Waals surface area contributed by atoms with E-state index in [0.717, 1.165) is 11.4 Å². The van der Waals surface area contributed by atoms with E-state index < -0.39 is 0 Å². The minimum atomic E-state index is 0.407. The highest BCUT2D eigenvalue weighted by Gasteiger charge is 2.05. The molecule has 0 unspecified atom stereocenters. The Hall–Kier alpha value is -0.870. The zero-order chi connectivity index (χ0) is 12.7. The topological polar surface area (TPSA) is 47.0 Å². The van der Waals surface area contributed by atoms with Crippen LogP contribution in [0.1, 0.15) is 31.2 Å². The van der Waals surface area contributed by atoms with E-state index in [1.54, 1.807) is 0 Å². The molecule has 0 aliphatic rings. The van der Waals surface area contributed by atoms with Crippen LogP contribution in [0.4, 0.5) is 5.95 Å². The van der Waals surface area contributed by atoms with Gasteiger partial charge in [0.1, 0.15) is 0 Å². The van der Waals surface area contributed by atoms with Gasteiger partial charge < -0.3 is 10.1 Å². The number of hydrogen-bond donors (Lipinski definition) is 1. The van der Waals surface area contributed by atoms with E-state index >= 15 is 0 Å². The summed E-state index contributed by atoms with van der Waals surface area (Å²) >= 11 is 5.50. The summed E-state index contributed by atoms with van der Waals surface area (Å²) < 4.78 is 5.26. The summed E-state index contributed by atoms with van der Waals surface area (Å²) in [5.41, 5.74) is 2.04. The first-order valence-corrected chi connectivity index (χ1v) is 6.40. The highest BCUT2D eigenvalue weighted by molar-refractivity contribution is 6.17. The molecule has 4 nitrogen and oxygen atoms in total. The fourth-order valence-corrected chi connectivity index (χ4v) is 1.47. The Kier molecular flexibility index (Phi) is 6.22. The highest BCUT2D eigenvalue weighted by atomic mass is 35.5. The lowest BCUT2D eigenvalue weighted by atomic mass is 10.1. The second-order valence-corrected chi connectivity index (χ2v) is 4.52. The maximum absolute atomic E-state index is 5.50. The van der Waals surface area contributed by atoms with Gasteiger partial charge in [0.25, 0.3) is 0 Å². The van der Waals surface area contributed by atoms with E-state index in [-0.39, 0.29) is 0 Å². The molecular formula is C12H20ClN3O. The summed E-state index contributed by atoms with van der Waals surface area (Å²) in [6.07, 6.45) is 0. The summed E-state index contributed by atoms with van der Waals surface area (Å²) in [5, 5.41) is 3.15. The maximum atomic E-state index is 5.50. The SMILES string of the molecule is Cc1cc(C(C)C)nc(NCCOCCCl)n1. The van der Waals surface area contributed by atoms with Crippen LogP contribution in [0.25, 0.3) is 0 Å². The van der Waals surface area contributed by atoms with Crippen molar-refractivity contribution in [3.05, 3.63) is 17.5 Å². The molecule has 1 aromatic heterocycles. The minimum Gasteiger partial charge on any atom is -0.378 e. The fraction of sp³-hybridized carbons (Fsp3) is 0.667. The van der Waals surface area contributed by atoms with Crippen molar-refractivity contribution < 1.29 is 4.74 Å². The Morgan fingerprint density at radius 3 is 2.76 bits per heavy atom. The third-order valence-electron chi connectivity index (χ3n) is 2.22. The number of anilines is 1. The van der Waals surface area contributed by atoms with E-state index in [1.807, 2.05) is 13.0 Å². The summed E-state index contributed by atoms with van der Waals surface area (Å²) in [6.45, 7) is 8.10. The van der Waals surface area contributed by atoms with Gasteiger partial charge >= 0.3 is 0 Å². The molecular weight excluding hydrogens is 238 g/mol. The van der Waals surface area contributed by atoms with Gasteiger partial charge in [0.2, 0.25) is 5.95 Å². The molecule has 0 aromatic carbocycles. The quantitative estimate of drug-likeness (QED) is 0.603. The average molecular weight is 258 g/mol. The summed E-state index contributed by atoms with van der Waals surface area (Å²) in [6, 6.07) is 2.01. The second-order valence-electron chi connectivity index (χ2n) is 4.14. The van der Waals surface area contributed by atoms with E-state index in [4.69, 9.17) is 16.3 Å². The van der Waals surface area contributed by atoms with Crippen molar-refractivity contribution in [1.29, 1.82) is 0 Å². The predicted octanol–water partition coefficient (Wildman–Crippen LogP) is 2.58. The molecule has 1 rings (SSSR count). The summed E-state index contributed by atoms with van der Waals surface area (Å²) in [7, 11) is 0. The molecule has 0 aliphatic heterocycles. The first-order chi connectivity index (χ1) is 8.13. The minimum absolute atomic E-state index is 0.407. The Morgan fingerprint density at radius 2 is 2.12 bits per heavy atom. The molecule has 0 spiro atoms. The van der Waals surface area contributed by atoms with E-state index in [2.05, 4.69) is 29.1 Å². The lowest BCUT2D eigenvalue weighted by molar-refractivity contribution is 0.160. The third kappa shape index (κ3) is 5.33. The van der Waals surface area contributed by atoms with Crippen molar-refractivity contribution in [3.63, 3.8) is 0 Å². The van der Waals surface area contributed by atoms with Gasteiger partial charge in [-0.1, -0.05) is 13.8 Å². The fourth-order valence-electron chi connectivity index (χ4n) is 1.36. The summed E-state index contributed by atoms with van der Waals surface area (Å²) in [4.78, 5) is 8.78. The molecule has 5 heteroatoms. The largest absolute Gasteiger partial charge is 0.378 e. The van der Waals surface area contributed by atoms with Crippen LogP contribution in [0.15, 0.2) is 6.07 Å². The number of nitrogens with one attached hydrogen (secondary N) is 1. The molecule has 0 saturated carbocycles. The molecule has 1 aromatic rings. The second kappa shape index (κ2) is 7.45. The highest BCUT2D eigenvalue weighted by Crippen LogP contribution is 2.14. The zero-order valence-corrected chi connectivity index (χ0v) is 11.4. The number of hydrogen-bond acceptors (Lipinski definition) is 4. The van der Waals surface area contributed by atoms with Crippen LogP contribution in [-0.2, 0) is 4.74 Å². The number of aromatic nitrogens is 2. The molecule has 0 radical (unpaired) electrons. The molecule has 0 aliphatic carbocycles. The lowest BCUT2D eigenvalue weighted by Gasteiger charge is -2.10. The van der Waals surface area contributed by atoms with Gasteiger partial charge in [-0.25, -0.2) is 9.97 Å². The molecule has 0 saturated heterocycles. The van der Waals surface area contributed by atoms with Crippen LogP contribution >= 0.6 is 11.6 Å². The van der Waals surface area contributed by atoms with Crippen molar-refractivity contribution in [3.8, 4) is 0 Å². The smallest absolute Gasteiger partial charge is 0.223 e. The number of halogens is 1. The van der Waals surface area contributed by atoms with E-state index in [1.165, 1.54) is 0 Å². The molecule has 0 amide bonds. The van der Waals surface area contributed by atoms with Gasteiger partial charge in [-0.2, -0.15) is 0 Å². The van der Waals surface area contributed by atoms with Gasteiger partial charge in [0, 0.05) is 23.8 Å². The number of rotatable bonds is 7. The number of alkyl halides is 1. The zero-order valence-electron chi connectivity index (χ0n) is 10.7. The molecule has 0 fully saturated rings. The molecule has 96 valence electrons. The van der Waals surface area contributed by atoms with Gasteiger partial charge in [-0.3, -0.25) is 0 Å². The Labute approximate surface area is 108 Å². The van der Waals surface area contributed by atoms with Crippen molar-refractivity contribution in [2.45, 2.75) is 26.7 Å². The monoisotopic (exact) mass is 257 g/mol. The number of aryl methyl sites for hydroxylation is 1. The van der Waals surface area contributed by atoms with E-state index in [0.29, 0.717) is 37.5 Å². The van der Waals surface area contributed by atoms with Crippen LogP contribution in [0.5, 0.6) is 0 Å². The van der Waals surface area contributed by atoms with Gasteiger partial charge in [0.05, 0.1) is 13.2 Å². The Bertz CT molecular complexity index is 345. The number of ether oxygens (including phenoxy) is 1. The van der Waals surface area contributed by atoms with Crippen LogP contribution in [-0.4, -0.2) is 35.6 Å². The molecule has 0 bridgehead atoms. The standard InChI is InChI=1S/C12H20ClN3O/c1-9(2)11-8-10(3)15-12(16-11)14-5-7-17-6-4-13/h8-9H,4-7H2,1-3H3,(H,14,15,16). The first-order valence-electron chi connectivity index (χ1n) is 5.86. The third-order valence-corrected chi connectivity index (χ3v) is 2.37. The molecule has 0 atom stereocenters. The Balaban J connectivity index is 2.47. The molecule has 17 heavy (non-hydrogen) atoms. The first kappa shape index (κ1) is 14.2. The van der Waals surface area contributed by atoms with Crippen molar-refractivity contribution in [1.82, 2.24) is 9.97 Å². The van der Waals surface area contributed by atoms with Gasteiger partial charge in [0.15, 0.2) is 0 Å². The van der Waals surface area contributed by atoms with Crippen LogP contribution in [0.2, 0.25) is 0 Å². The van der Waals surface area contributed by atoms with Crippen molar-refractivity contribution >= 4 is 17.5 Å².